The van der Waals surface area contributed by atoms with Gasteiger partial charge in [-0.25, -0.2) is 9.97 Å². The van der Waals surface area contributed by atoms with Crippen molar-refractivity contribution in [2.24, 2.45) is 0 Å². The number of nitrogens with zero attached hydrogens (tertiary/aromatic N) is 3. The van der Waals surface area contributed by atoms with Crippen LogP contribution in [0.25, 0.3) is 11.0 Å². The van der Waals surface area contributed by atoms with E-state index in [1.165, 1.54) is 0 Å². The molecule has 0 atom stereocenters. The molecule has 4 rings (SSSR count). The number of amides is 1. The van der Waals surface area contributed by atoms with Gasteiger partial charge in [0.2, 0.25) is 11.8 Å². The van der Waals surface area contributed by atoms with Crippen LogP contribution in [0.5, 0.6) is 17.4 Å². The molecule has 2 aromatic heterocycles. The largest absolute Gasteiger partial charge is 0.493 e. The number of carbonyl (C=O) groups is 1. The molecule has 0 saturated heterocycles. The topological polar surface area (TPSA) is 78.3 Å². The van der Waals surface area contributed by atoms with E-state index in [2.05, 4.69) is 19.9 Å². The normalized spacial score (nSPS) is 10.7. The predicted molar refractivity (Wildman–Crippen MR) is 115 cm³/mol. The molecule has 7 nitrogen and oxygen atoms in total. The van der Waals surface area contributed by atoms with Gasteiger partial charge >= 0.3 is 0 Å². The van der Waals surface area contributed by atoms with Gasteiger partial charge in [-0.3, -0.25) is 4.79 Å². The third-order valence-corrected chi connectivity index (χ3v) is 4.71. The molecule has 1 N–H and O–H groups in total. The lowest BCUT2D eigenvalue weighted by molar-refractivity contribution is -0.116. The van der Waals surface area contributed by atoms with E-state index >= 15 is 0 Å². The van der Waals surface area contributed by atoms with Crippen LogP contribution in [0, 0.1) is 6.92 Å². The Balaban J connectivity index is 1.36. The van der Waals surface area contributed by atoms with Crippen molar-refractivity contribution < 1.29 is 14.3 Å². The number of ether oxygens (including phenoxy) is 2. The highest BCUT2D eigenvalue weighted by molar-refractivity contribution is 5.90. The molecule has 0 aliphatic carbocycles. The van der Waals surface area contributed by atoms with Crippen molar-refractivity contribution in [3.63, 3.8) is 0 Å². The molecule has 0 saturated carbocycles. The Bertz CT molecular complexity index is 1170. The first-order valence-corrected chi connectivity index (χ1v) is 9.62. The SMILES string of the molecule is COc1ccccc1Oc1ccc(NC(=O)CCn2c(C)nc3ccccc32)cn1. The Hall–Kier alpha value is -3.87. The fourth-order valence-corrected chi connectivity index (χ4v) is 3.25. The number of carbonyl (C=O) groups excluding carboxylic acids is 1. The van der Waals surface area contributed by atoms with Gasteiger partial charge in [-0.15, -0.1) is 0 Å². The molecule has 0 radical (unpaired) electrons. The van der Waals surface area contributed by atoms with Crippen LogP contribution in [-0.4, -0.2) is 27.6 Å². The molecule has 0 fully saturated rings. The first-order chi connectivity index (χ1) is 14.6. The number of pyridine rings is 1. The van der Waals surface area contributed by atoms with Crippen LogP contribution in [0.15, 0.2) is 66.9 Å². The first-order valence-electron chi connectivity index (χ1n) is 9.62. The zero-order valence-corrected chi connectivity index (χ0v) is 16.8. The number of nitrogens with one attached hydrogen (secondary N) is 1. The van der Waals surface area contributed by atoms with Gasteiger partial charge in [-0.2, -0.15) is 0 Å². The molecule has 4 aromatic rings. The molecule has 0 bridgehead atoms. The molecule has 0 spiro atoms. The minimum absolute atomic E-state index is 0.0904. The van der Waals surface area contributed by atoms with Gasteiger partial charge in [0.25, 0.3) is 0 Å². The lowest BCUT2D eigenvalue weighted by atomic mass is 10.3. The minimum atomic E-state index is -0.0904. The van der Waals surface area contributed by atoms with Crippen molar-refractivity contribution in [2.45, 2.75) is 19.9 Å². The maximum Gasteiger partial charge on any atom is 0.226 e. The third-order valence-electron chi connectivity index (χ3n) is 4.71. The molecule has 30 heavy (non-hydrogen) atoms. The number of anilines is 1. The van der Waals surface area contributed by atoms with E-state index in [1.54, 1.807) is 31.5 Å². The molecule has 1 amide bonds. The summed E-state index contributed by atoms with van der Waals surface area (Å²) in [6, 6.07) is 18.7. The van der Waals surface area contributed by atoms with Crippen molar-refractivity contribution in [3.8, 4) is 17.4 Å². The van der Waals surface area contributed by atoms with E-state index in [0.717, 1.165) is 16.9 Å². The standard InChI is InChI=1S/C23H22N4O3/c1-16-25-18-7-3-4-8-19(18)27(16)14-13-22(28)26-17-11-12-23(24-15-17)30-21-10-6-5-9-20(21)29-2/h3-12,15H,13-14H2,1-2H3,(H,26,28). The Morgan fingerprint density at radius 1 is 1.03 bits per heavy atom. The first kappa shape index (κ1) is 19.4. The van der Waals surface area contributed by atoms with Crippen molar-refractivity contribution in [1.82, 2.24) is 14.5 Å². The smallest absolute Gasteiger partial charge is 0.226 e. The van der Waals surface area contributed by atoms with Gasteiger partial charge in [-0.1, -0.05) is 24.3 Å². The molecular weight excluding hydrogens is 380 g/mol. The molecule has 0 unspecified atom stereocenters. The summed E-state index contributed by atoms with van der Waals surface area (Å²) >= 11 is 0. The predicted octanol–water partition coefficient (Wildman–Crippen LogP) is 4.57. The lowest BCUT2D eigenvalue weighted by Crippen LogP contribution is -2.15. The molecule has 7 heteroatoms. The number of aromatic nitrogens is 3. The van der Waals surface area contributed by atoms with Gasteiger partial charge in [0.15, 0.2) is 11.5 Å². The number of aryl methyl sites for hydroxylation is 2. The zero-order chi connectivity index (χ0) is 20.9. The number of benzene rings is 2. The van der Waals surface area contributed by atoms with Crippen molar-refractivity contribution >= 4 is 22.6 Å². The highest BCUT2D eigenvalue weighted by atomic mass is 16.5. The quantitative estimate of drug-likeness (QED) is 0.490. The van der Waals surface area contributed by atoms with Crippen molar-refractivity contribution in [1.29, 1.82) is 0 Å². The third kappa shape index (κ3) is 4.25. The molecule has 2 heterocycles. The van der Waals surface area contributed by atoms with Gasteiger partial charge in [0, 0.05) is 19.0 Å². The zero-order valence-electron chi connectivity index (χ0n) is 16.8. The molecule has 152 valence electrons. The minimum Gasteiger partial charge on any atom is -0.493 e. The summed E-state index contributed by atoms with van der Waals surface area (Å²) in [6.07, 6.45) is 1.90. The van der Waals surface area contributed by atoms with Crippen LogP contribution in [0.3, 0.4) is 0 Å². The fourth-order valence-electron chi connectivity index (χ4n) is 3.25. The molecule has 0 aliphatic rings. The van der Waals surface area contributed by atoms with Crippen LogP contribution >= 0.6 is 0 Å². The van der Waals surface area contributed by atoms with Crippen LogP contribution in [-0.2, 0) is 11.3 Å². The number of para-hydroxylation sites is 4. The average Bonchev–Trinajstić information content (AvgIpc) is 3.09. The maximum absolute atomic E-state index is 12.4. The van der Waals surface area contributed by atoms with Crippen LogP contribution < -0.4 is 14.8 Å². The number of hydrogen-bond acceptors (Lipinski definition) is 5. The maximum atomic E-state index is 12.4. The Morgan fingerprint density at radius 3 is 2.57 bits per heavy atom. The van der Waals surface area contributed by atoms with E-state index in [9.17, 15) is 4.79 Å². The van der Waals surface area contributed by atoms with Crippen molar-refractivity contribution in [3.05, 3.63) is 72.7 Å². The summed E-state index contributed by atoms with van der Waals surface area (Å²) < 4.78 is 13.1. The molecular formula is C23H22N4O3. The Labute approximate surface area is 174 Å². The Kier molecular flexibility index (Phi) is 5.61. The number of methoxy groups -OCH3 is 1. The molecule has 2 aromatic carbocycles. The number of fused-ring (bicyclic) bond motifs is 1. The van der Waals surface area contributed by atoms with Crippen LogP contribution in [0.1, 0.15) is 12.2 Å². The Morgan fingerprint density at radius 2 is 1.80 bits per heavy atom. The summed E-state index contributed by atoms with van der Waals surface area (Å²) in [5.41, 5.74) is 2.58. The highest BCUT2D eigenvalue weighted by Gasteiger charge is 2.10. The number of imidazole rings is 1. The lowest BCUT2D eigenvalue weighted by Gasteiger charge is -2.10. The number of rotatable bonds is 7. The van der Waals surface area contributed by atoms with Gasteiger partial charge in [0.1, 0.15) is 5.82 Å². The summed E-state index contributed by atoms with van der Waals surface area (Å²) in [5, 5.41) is 2.87. The second-order valence-corrected chi connectivity index (χ2v) is 6.74. The van der Waals surface area contributed by atoms with E-state index in [4.69, 9.17) is 9.47 Å². The van der Waals surface area contributed by atoms with E-state index < -0.39 is 0 Å². The number of hydrogen-bond donors (Lipinski definition) is 1. The van der Waals surface area contributed by atoms with E-state index in [-0.39, 0.29) is 5.91 Å². The van der Waals surface area contributed by atoms with Crippen LogP contribution in [0.2, 0.25) is 0 Å². The second-order valence-electron chi connectivity index (χ2n) is 6.74. The summed E-state index contributed by atoms with van der Waals surface area (Å²) in [6.45, 7) is 2.50. The van der Waals surface area contributed by atoms with Gasteiger partial charge in [0.05, 0.1) is 30.0 Å². The average molecular weight is 402 g/mol. The van der Waals surface area contributed by atoms with E-state index in [1.807, 2.05) is 49.4 Å². The summed E-state index contributed by atoms with van der Waals surface area (Å²) in [5.74, 6) is 2.42. The second kappa shape index (κ2) is 8.65. The van der Waals surface area contributed by atoms with Crippen LogP contribution in [0.4, 0.5) is 5.69 Å². The summed E-state index contributed by atoms with van der Waals surface area (Å²) in [7, 11) is 1.59. The van der Waals surface area contributed by atoms with Gasteiger partial charge in [-0.05, 0) is 37.3 Å². The highest BCUT2D eigenvalue weighted by Crippen LogP contribution is 2.30. The van der Waals surface area contributed by atoms with Crippen molar-refractivity contribution in [2.75, 3.05) is 12.4 Å². The monoisotopic (exact) mass is 402 g/mol. The summed E-state index contributed by atoms with van der Waals surface area (Å²) in [4.78, 5) is 21.2. The van der Waals surface area contributed by atoms with E-state index in [0.29, 0.717) is 36.0 Å². The van der Waals surface area contributed by atoms with Gasteiger partial charge < -0.3 is 19.4 Å². The fraction of sp³-hybridized carbons (Fsp3) is 0.174. The molecule has 0 aliphatic heterocycles.